The van der Waals surface area contributed by atoms with E-state index < -0.39 is 6.10 Å². The van der Waals surface area contributed by atoms with E-state index in [9.17, 15) is 14.4 Å². The van der Waals surface area contributed by atoms with Crippen LogP contribution in [-0.2, 0) is 16.1 Å². The zero-order valence-electron chi connectivity index (χ0n) is 20.1. The summed E-state index contributed by atoms with van der Waals surface area (Å²) in [5.41, 5.74) is 2.03. The molecule has 184 valence electrons. The van der Waals surface area contributed by atoms with Crippen LogP contribution in [0.1, 0.15) is 22.3 Å². The second-order valence-corrected chi connectivity index (χ2v) is 8.92. The predicted molar refractivity (Wildman–Crippen MR) is 132 cm³/mol. The number of nitrogens with zero attached hydrogens (tertiary/aromatic N) is 4. The van der Waals surface area contributed by atoms with Crippen molar-refractivity contribution in [2.45, 2.75) is 19.1 Å². The van der Waals surface area contributed by atoms with Gasteiger partial charge in [0, 0.05) is 57.1 Å². The summed E-state index contributed by atoms with van der Waals surface area (Å²) < 4.78 is 11.7. The smallest absolute Gasteiger partial charge is 0.268 e. The number of hydrogen-bond acceptors (Lipinski definition) is 6. The minimum absolute atomic E-state index is 0.0279. The fraction of sp³-hybridized carbons (Fsp3) is 0.259. The Balaban J connectivity index is 1.22. The summed E-state index contributed by atoms with van der Waals surface area (Å²) in [4.78, 5) is 46.8. The van der Waals surface area contributed by atoms with Crippen LogP contribution in [0.2, 0.25) is 0 Å². The van der Waals surface area contributed by atoms with Gasteiger partial charge < -0.3 is 24.2 Å². The van der Waals surface area contributed by atoms with Crippen molar-refractivity contribution in [1.29, 1.82) is 0 Å². The summed E-state index contributed by atoms with van der Waals surface area (Å²) in [6.45, 7) is 0.897. The molecule has 3 amide bonds. The third-order valence-corrected chi connectivity index (χ3v) is 6.23. The van der Waals surface area contributed by atoms with E-state index in [-0.39, 0.29) is 24.3 Å². The molecule has 3 heterocycles. The number of pyridine rings is 1. The van der Waals surface area contributed by atoms with Crippen LogP contribution in [0, 0.1) is 0 Å². The lowest BCUT2D eigenvalue weighted by atomic mass is 10.1. The first kappa shape index (κ1) is 23.3. The molecule has 1 fully saturated rings. The van der Waals surface area contributed by atoms with Crippen LogP contribution >= 0.6 is 0 Å². The Kier molecular flexibility index (Phi) is 6.28. The van der Waals surface area contributed by atoms with E-state index in [1.54, 1.807) is 61.6 Å². The van der Waals surface area contributed by atoms with Crippen molar-refractivity contribution in [2.24, 2.45) is 0 Å². The van der Waals surface area contributed by atoms with Crippen molar-refractivity contribution in [3.63, 3.8) is 0 Å². The molecule has 0 bridgehead atoms. The Bertz CT molecular complexity index is 1290. The summed E-state index contributed by atoms with van der Waals surface area (Å²) in [6.07, 6.45) is 1.56. The Labute approximate surface area is 208 Å². The van der Waals surface area contributed by atoms with E-state index in [4.69, 9.17) is 9.47 Å². The molecule has 0 aliphatic carbocycles. The van der Waals surface area contributed by atoms with Crippen LogP contribution < -0.4 is 14.4 Å². The molecule has 1 atom stereocenters. The van der Waals surface area contributed by atoms with Crippen LogP contribution in [0.15, 0.2) is 66.9 Å². The topological polar surface area (TPSA) is 92.3 Å². The summed E-state index contributed by atoms with van der Waals surface area (Å²) in [5.74, 6) is 1.18. The predicted octanol–water partition coefficient (Wildman–Crippen LogP) is 3.10. The van der Waals surface area contributed by atoms with Crippen LogP contribution in [0.4, 0.5) is 5.69 Å². The van der Waals surface area contributed by atoms with Crippen molar-refractivity contribution < 1.29 is 23.9 Å². The van der Waals surface area contributed by atoms with Crippen molar-refractivity contribution in [2.75, 3.05) is 32.1 Å². The number of benzene rings is 2. The summed E-state index contributed by atoms with van der Waals surface area (Å²) in [5, 5.41) is 0. The Morgan fingerprint density at radius 1 is 1.06 bits per heavy atom. The highest BCUT2D eigenvalue weighted by molar-refractivity contribution is 6.03. The van der Waals surface area contributed by atoms with Crippen molar-refractivity contribution in [3.8, 4) is 17.4 Å². The normalized spacial score (nSPS) is 16.8. The molecule has 0 N–H and O–H groups in total. The molecule has 5 rings (SSSR count). The molecule has 0 saturated carbocycles. The zero-order valence-corrected chi connectivity index (χ0v) is 20.1. The zero-order chi connectivity index (χ0) is 25.2. The Hall–Kier alpha value is -4.40. The van der Waals surface area contributed by atoms with Gasteiger partial charge in [-0.25, -0.2) is 4.98 Å². The Morgan fingerprint density at radius 3 is 2.56 bits per heavy atom. The van der Waals surface area contributed by atoms with E-state index in [1.807, 2.05) is 24.3 Å². The molecule has 2 aliphatic rings. The highest BCUT2D eigenvalue weighted by Gasteiger charge is 2.36. The van der Waals surface area contributed by atoms with Gasteiger partial charge in [0.15, 0.2) is 6.10 Å². The molecule has 9 nitrogen and oxygen atoms in total. The van der Waals surface area contributed by atoms with Crippen molar-refractivity contribution in [3.05, 3.63) is 78.0 Å². The number of hydrogen-bond donors (Lipinski definition) is 0. The number of rotatable bonds is 7. The quantitative estimate of drug-likeness (QED) is 0.510. The van der Waals surface area contributed by atoms with Gasteiger partial charge >= 0.3 is 0 Å². The van der Waals surface area contributed by atoms with E-state index in [2.05, 4.69) is 4.98 Å². The van der Waals surface area contributed by atoms with E-state index >= 15 is 0 Å². The lowest BCUT2D eigenvalue weighted by Crippen LogP contribution is -2.36. The first-order valence-electron chi connectivity index (χ1n) is 11.7. The minimum atomic E-state index is -0.620. The number of carbonyl (C=O) groups excluding carboxylic acids is 3. The molecule has 0 spiro atoms. The van der Waals surface area contributed by atoms with Crippen molar-refractivity contribution in [1.82, 2.24) is 14.8 Å². The number of anilines is 1. The lowest BCUT2D eigenvalue weighted by Gasteiger charge is -2.18. The third kappa shape index (κ3) is 4.72. The fourth-order valence-corrected chi connectivity index (χ4v) is 4.25. The molecule has 3 aromatic rings. The van der Waals surface area contributed by atoms with Gasteiger partial charge in [-0.15, -0.1) is 0 Å². The van der Waals surface area contributed by atoms with Crippen LogP contribution in [-0.4, -0.2) is 65.8 Å². The number of carbonyl (C=O) groups is 3. The lowest BCUT2D eigenvalue weighted by molar-refractivity contribution is -0.129. The molecule has 1 aromatic heterocycles. The monoisotopic (exact) mass is 486 g/mol. The van der Waals surface area contributed by atoms with Gasteiger partial charge in [0.1, 0.15) is 18.0 Å². The molecule has 2 aliphatic heterocycles. The number of amides is 3. The van der Waals surface area contributed by atoms with Gasteiger partial charge in [0.05, 0.1) is 0 Å². The first-order chi connectivity index (χ1) is 17.4. The van der Waals surface area contributed by atoms with Gasteiger partial charge in [0.2, 0.25) is 11.8 Å². The molecular weight excluding hydrogens is 460 g/mol. The summed E-state index contributed by atoms with van der Waals surface area (Å²) >= 11 is 0. The molecule has 1 saturated heterocycles. The maximum absolute atomic E-state index is 13.1. The van der Waals surface area contributed by atoms with Crippen LogP contribution in [0.25, 0.3) is 0 Å². The third-order valence-electron chi connectivity index (χ3n) is 6.23. The van der Waals surface area contributed by atoms with Crippen LogP contribution in [0.5, 0.6) is 17.4 Å². The largest absolute Gasteiger partial charge is 0.481 e. The number of aromatic nitrogens is 1. The average Bonchev–Trinajstić information content (AvgIpc) is 3.39. The summed E-state index contributed by atoms with van der Waals surface area (Å²) in [6, 6.07) is 17.9. The standard InChI is InChI=1S/C27H26N4O5/c1-29(2)25(32)17-30-16-18-6-7-19(15-22(18)26(30)33)31-14-12-23(27(31)34)35-20-8-10-21(11-9-20)36-24-5-3-4-13-28-24/h3-11,13,15,23H,12,14,16-17H2,1-2H3/t23-/m1/s1. The highest BCUT2D eigenvalue weighted by Crippen LogP contribution is 2.31. The van der Waals surface area contributed by atoms with Gasteiger partial charge in [-0.2, -0.15) is 0 Å². The molecule has 0 unspecified atom stereocenters. The van der Waals surface area contributed by atoms with E-state index in [0.717, 1.165) is 5.56 Å². The molecule has 36 heavy (non-hydrogen) atoms. The van der Waals surface area contributed by atoms with Gasteiger partial charge in [-0.3, -0.25) is 14.4 Å². The SMILES string of the molecule is CN(C)C(=O)CN1Cc2ccc(N3CC[C@@H](Oc4ccc(Oc5ccccn5)cc4)C3=O)cc2C1=O. The highest BCUT2D eigenvalue weighted by atomic mass is 16.5. The minimum Gasteiger partial charge on any atom is -0.481 e. The van der Waals surface area contributed by atoms with E-state index in [0.29, 0.717) is 48.1 Å². The van der Waals surface area contributed by atoms with Gasteiger partial charge in [-0.1, -0.05) is 12.1 Å². The van der Waals surface area contributed by atoms with Crippen LogP contribution in [0.3, 0.4) is 0 Å². The molecule has 2 aromatic carbocycles. The average molecular weight is 487 g/mol. The molecule has 9 heteroatoms. The maximum atomic E-state index is 13.1. The van der Waals surface area contributed by atoms with Crippen molar-refractivity contribution >= 4 is 23.4 Å². The number of fused-ring (bicyclic) bond motifs is 1. The Morgan fingerprint density at radius 2 is 1.83 bits per heavy atom. The van der Waals surface area contributed by atoms with Gasteiger partial charge in [0.25, 0.3) is 11.8 Å². The maximum Gasteiger partial charge on any atom is 0.268 e. The van der Waals surface area contributed by atoms with Gasteiger partial charge in [-0.05, 0) is 48.0 Å². The number of ether oxygens (including phenoxy) is 2. The summed E-state index contributed by atoms with van der Waals surface area (Å²) in [7, 11) is 3.33. The van der Waals surface area contributed by atoms with E-state index in [1.165, 1.54) is 9.80 Å². The molecule has 0 radical (unpaired) electrons. The second kappa shape index (κ2) is 9.69. The fourth-order valence-electron chi connectivity index (χ4n) is 4.25. The number of likely N-dealkylation sites (N-methyl/N-ethyl adjacent to an activating group) is 1. The second-order valence-electron chi connectivity index (χ2n) is 8.92. The first-order valence-corrected chi connectivity index (χ1v) is 11.7. The molecular formula is C27H26N4O5.